The number of likely N-dealkylation sites (tertiary alicyclic amines) is 1. The van der Waals surface area contributed by atoms with Crippen LogP contribution in [0.4, 0.5) is 0 Å². The second kappa shape index (κ2) is 8.00. The van der Waals surface area contributed by atoms with Crippen LogP contribution in [0.15, 0.2) is 30.3 Å². The number of hydrogen-bond donors (Lipinski definition) is 0. The van der Waals surface area contributed by atoms with Crippen molar-refractivity contribution in [3.63, 3.8) is 0 Å². The van der Waals surface area contributed by atoms with Gasteiger partial charge < -0.3 is 9.80 Å². The van der Waals surface area contributed by atoms with Gasteiger partial charge in [-0.1, -0.05) is 44.2 Å². The van der Waals surface area contributed by atoms with Crippen LogP contribution in [-0.2, 0) is 16.1 Å². The molecule has 0 saturated carbocycles. The van der Waals surface area contributed by atoms with Gasteiger partial charge in [0, 0.05) is 52.2 Å². The van der Waals surface area contributed by atoms with Gasteiger partial charge >= 0.3 is 0 Å². The average molecular weight is 343 g/mol. The predicted molar refractivity (Wildman–Crippen MR) is 97.8 cm³/mol. The number of carbonyl (C=O) groups is 2. The van der Waals surface area contributed by atoms with E-state index in [-0.39, 0.29) is 17.7 Å². The number of amides is 2. The van der Waals surface area contributed by atoms with Crippen molar-refractivity contribution < 1.29 is 9.59 Å². The van der Waals surface area contributed by atoms with Gasteiger partial charge in [0.05, 0.1) is 5.92 Å². The van der Waals surface area contributed by atoms with Crippen molar-refractivity contribution in [3.8, 4) is 0 Å². The first kappa shape index (κ1) is 17.9. The molecule has 0 radical (unpaired) electrons. The smallest absolute Gasteiger partial charge is 0.228 e. The minimum absolute atomic E-state index is 0.0978. The first-order valence-electron chi connectivity index (χ1n) is 9.35. The molecule has 2 fully saturated rings. The number of piperazine rings is 1. The lowest BCUT2D eigenvalue weighted by atomic mass is 10.1. The fraction of sp³-hybridized carbons (Fsp3) is 0.600. The molecule has 0 aliphatic carbocycles. The molecule has 2 aliphatic rings. The highest BCUT2D eigenvalue weighted by Gasteiger charge is 2.37. The Balaban J connectivity index is 1.51. The fourth-order valence-corrected chi connectivity index (χ4v) is 3.82. The number of nitrogens with zero attached hydrogens (tertiary/aromatic N) is 3. The summed E-state index contributed by atoms with van der Waals surface area (Å²) in [6, 6.07) is 9.98. The van der Waals surface area contributed by atoms with Crippen molar-refractivity contribution in [2.24, 2.45) is 11.8 Å². The quantitative estimate of drug-likeness (QED) is 0.819. The fourth-order valence-electron chi connectivity index (χ4n) is 3.82. The Morgan fingerprint density at radius 2 is 1.80 bits per heavy atom. The molecule has 2 saturated heterocycles. The van der Waals surface area contributed by atoms with Crippen LogP contribution in [0.3, 0.4) is 0 Å². The molecule has 1 atom stereocenters. The molecule has 1 aromatic carbocycles. The van der Waals surface area contributed by atoms with Crippen LogP contribution in [0.1, 0.15) is 25.8 Å². The standard InChI is InChI=1S/C20H29N3O2/c1-16(2)13-21-8-10-22(11-9-21)20(25)18-12-19(24)23(15-18)14-17-6-4-3-5-7-17/h3-7,16,18H,8-15H2,1-2H3. The topological polar surface area (TPSA) is 43.9 Å². The largest absolute Gasteiger partial charge is 0.340 e. The molecule has 5 nitrogen and oxygen atoms in total. The average Bonchev–Trinajstić information content (AvgIpc) is 2.96. The van der Waals surface area contributed by atoms with E-state index < -0.39 is 0 Å². The van der Waals surface area contributed by atoms with Crippen molar-refractivity contribution in [3.05, 3.63) is 35.9 Å². The van der Waals surface area contributed by atoms with Crippen LogP contribution in [0.25, 0.3) is 0 Å². The molecule has 2 heterocycles. The Kier molecular flexibility index (Phi) is 5.74. The first-order chi connectivity index (χ1) is 12.0. The zero-order chi connectivity index (χ0) is 17.8. The van der Waals surface area contributed by atoms with Crippen LogP contribution in [0.2, 0.25) is 0 Å². The monoisotopic (exact) mass is 343 g/mol. The third-order valence-electron chi connectivity index (χ3n) is 5.09. The van der Waals surface area contributed by atoms with Crippen molar-refractivity contribution in [2.75, 3.05) is 39.3 Å². The summed E-state index contributed by atoms with van der Waals surface area (Å²) in [6.45, 7) is 10.2. The van der Waals surface area contributed by atoms with Crippen LogP contribution >= 0.6 is 0 Å². The maximum Gasteiger partial charge on any atom is 0.228 e. The molecule has 25 heavy (non-hydrogen) atoms. The molecular weight excluding hydrogens is 314 g/mol. The van der Waals surface area contributed by atoms with Gasteiger partial charge in [-0.15, -0.1) is 0 Å². The molecule has 0 N–H and O–H groups in total. The third-order valence-corrected chi connectivity index (χ3v) is 5.09. The number of benzene rings is 1. The van der Waals surface area contributed by atoms with E-state index >= 15 is 0 Å². The van der Waals surface area contributed by atoms with Gasteiger partial charge in [-0.2, -0.15) is 0 Å². The summed E-state index contributed by atoms with van der Waals surface area (Å²) >= 11 is 0. The summed E-state index contributed by atoms with van der Waals surface area (Å²) < 4.78 is 0. The van der Waals surface area contributed by atoms with Crippen molar-refractivity contribution in [1.29, 1.82) is 0 Å². The van der Waals surface area contributed by atoms with E-state index in [2.05, 4.69) is 18.7 Å². The van der Waals surface area contributed by atoms with Crippen LogP contribution in [0.5, 0.6) is 0 Å². The number of rotatable bonds is 5. The van der Waals surface area contributed by atoms with Crippen molar-refractivity contribution in [2.45, 2.75) is 26.8 Å². The van der Waals surface area contributed by atoms with Gasteiger partial charge in [-0.05, 0) is 11.5 Å². The number of carbonyl (C=O) groups excluding carboxylic acids is 2. The van der Waals surface area contributed by atoms with Gasteiger partial charge in [-0.3, -0.25) is 14.5 Å². The Bertz CT molecular complexity index is 594. The van der Waals surface area contributed by atoms with Gasteiger partial charge in [0.25, 0.3) is 0 Å². The van der Waals surface area contributed by atoms with E-state index in [0.29, 0.717) is 25.4 Å². The summed E-state index contributed by atoms with van der Waals surface area (Å²) in [5.41, 5.74) is 1.12. The van der Waals surface area contributed by atoms with E-state index in [1.165, 1.54) is 0 Å². The lowest BCUT2D eigenvalue weighted by Crippen LogP contribution is -2.51. The molecule has 0 spiro atoms. The van der Waals surface area contributed by atoms with Crippen LogP contribution in [0, 0.1) is 11.8 Å². The van der Waals surface area contributed by atoms with E-state index in [4.69, 9.17) is 0 Å². The molecule has 5 heteroatoms. The van der Waals surface area contributed by atoms with Gasteiger partial charge in [0.2, 0.25) is 11.8 Å². The lowest BCUT2D eigenvalue weighted by Gasteiger charge is -2.36. The van der Waals surface area contributed by atoms with Crippen molar-refractivity contribution >= 4 is 11.8 Å². The Morgan fingerprint density at radius 3 is 2.44 bits per heavy atom. The summed E-state index contributed by atoms with van der Waals surface area (Å²) in [6.07, 6.45) is 0.359. The Morgan fingerprint density at radius 1 is 1.12 bits per heavy atom. The van der Waals surface area contributed by atoms with Gasteiger partial charge in [-0.25, -0.2) is 0 Å². The van der Waals surface area contributed by atoms with Gasteiger partial charge in [0.15, 0.2) is 0 Å². The molecule has 2 aliphatic heterocycles. The molecule has 0 bridgehead atoms. The van der Waals surface area contributed by atoms with E-state index in [0.717, 1.165) is 38.3 Å². The van der Waals surface area contributed by atoms with E-state index in [1.54, 1.807) is 0 Å². The highest BCUT2D eigenvalue weighted by atomic mass is 16.2. The lowest BCUT2D eigenvalue weighted by molar-refractivity contribution is -0.137. The van der Waals surface area contributed by atoms with Crippen molar-refractivity contribution in [1.82, 2.24) is 14.7 Å². The highest BCUT2D eigenvalue weighted by molar-refractivity contribution is 5.89. The molecule has 1 aromatic rings. The molecule has 1 unspecified atom stereocenters. The van der Waals surface area contributed by atoms with E-state index in [9.17, 15) is 9.59 Å². The third kappa shape index (κ3) is 4.60. The minimum Gasteiger partial charge on any atom is -0.340 e. The summed E-state index contributed by atoms with van der Waals surface area (Å²) in [5.74, 6) is 0.739. The SMILES string of the molecule is CC(C)CN1CCN(C(=O)C2CC(=O)N(Cc3ccccc3)C2)CC1. The first-order valence-corrected chi connectivity index (χ1v) is 9.35. The number of hydrogen-bond acceptors (Lipinski definition) is 3. The minimum atomic E-state index is -0.173. The maximum atomic E-state index is 12.8. The highest BCUT2D eigenvalue weighted by Crippen LogP contribution is 2.23. The molecule has 2 amide bonds. The Hall–Kier alpha value is -1.88. The molecular formula is C20H29N3O2. The summed E-state index contributed by atoms with van der Waals surface area (Å²) in [4.78, 5) is 31.3. The second-order valence-electron chi connectivity index (χ2n) is 7.68. The summed E-state index contributed by atoms with van der Waals surface area (Å²) in [7, 11) is 0. The van der Waals surface area contributed by atoms with E-state index in [1.807, 2.05) is 40.1 Å². The second-order valence-corrected chi connectivity index (χ2v) is 7.68. The van der Waals surface area contributed by atoms with Crippen LogP contribution in [-0.4, -0.2) is 65.8 Å². The normalized spacial score (nSPS) is 22.0. The van der Waals surface area contributed by atoms with Crippen LogP contribution < -0.4 is 0 Å². The summed E-state index contributed by atoms with van der Waals surface area (Å²) in [5, 5.41) is 0. The molecule has 0 aromatic heterocycles. The zero-order valence-corrected chi connectivity index (χ0v) is 15.4. The van der Waals surface area contributed by atoms with Gasteiger partial charge in [0.1, 0.15) is 0 Å². The Labute approximate surface area is 150 Å². The predicted octanol–water partition coefficient (Wildman–Crippen LogP) is 1.84. The molecule has 3 rings (SSSR count). The molecule has 136 valence electrons. The zero-order valence-electron chi connectivity index (χ0n) is 15.4. The maximum absolute atomic E-state index is 12.8.